The van der Waals surface area contributed by atoms with Crippen molar-refractivity contribution in [2.75, 3.05) is 9.80 Å². The fraction of sp³-hybridized carbons (Fsp3) is 0.108. The molecule has 0 unspecified atom stereocenters. The molecule has 4 heteroatoms. The molecule has 0 heterocycles. The highest BCUT2D eigenvalue weighted by molar-refractivity contribution is 6.89. The van der Waals surface area contributed by atoms with Gasteiger partial charge in [-0.2, -0.15) is 0 Å². The van der Waals surface area contributed by atoms with Crippen molar-refractivity contribution in [1.29, 1.82) is 0 Å². The lowest BCUT2D eigenvalue weighted by Crippen LogP contribution is -2.37. The van der Waals surface area contributed by atoms with Crippen LogP contribution in [0.25, 0.3) is 55.3 Å². The molecule has 1 spiro atoms. The first kappa shape index (κ1) is 41.7. The van der Waals surface area contributed by atoms with E-state index in [4.69, 9.17) is 0 Å². The molecular formula is C65H54N2Si2. The molecule has 69 heavy (non-hydrogen) atoms. The van der Waals surface area contributed by atoms with Crippen LogP contribution in [0.2, 0.25) is 39.3 Å². The van der Waals surface area contributed by atoms with Crippen molar-refractivity contribution in [1.82, 2.24) is 0 Å². The molecule has 0 radical (unpaired) electrons. The summed E-state index contributed by atoms with van der Waals surface area (Å²) in [5.41, 5.74) is 22.1. The molecule has 0 atom stereocenters. The predicted octanol–water partition coefficient (Wildman–Crippen LogP) is 16.9. The Bertz CT molecular complexity index is 3530. The molecule has 0 fully saturated rings. The Morgan fingerprint density at radius 2 is 0.710 bits per heavy atom. The molecule has 0 N–H and O–H groups in total. The van der Waals surface area contributed by atoms with Crippen LogP contribution in [-0.2, 0) is 5.41 Å². The largest absolute Gasteiger partial charge is 0.310 e. The third-order valence-electron chi connectivity index (χ3n) is 15.3. The summed E-state index contributed by atoms with van der Waals surface area (Å²) in [6.45, 7) is 14.6. The Kier molecular flexibility index (Phi) is 9.21. The van der Waals surface area contributed by atoms with Gasteiger partial charge in [-0.05, 0) is 156 Å². The number of hydrogen-bond acceptors (Lipinski definition) is 2. The van der Waals surface area contributed by atoms with E-state index in [9.17, 15) is 0 Å². The van der Waals surface area contributed by atoms with Gasteiger partial charge in [0, 0.05) is 34.1 Å². The van der Waals surface area contributed by atoms with Crippen LogP contribution in [0.3, 0.4) is 0 Å². The summed E-state index contributed by atoms with van der Waals surface area (Å²) in [6, 6.07) is 83.2. The fourth-order valence-corrected chi connectivity index (χ4v) is 14.4. The van der Waals surface area contributed by atoms with E-state index in [2.05, 4.69) is 267 Å². The third kappa shape index (κ3) is 6.21. The summed E-state index contributed by atoms with van der Waals surface area (Å²) >= 11 is 0. The first-order chi connectivity index (χ1) is 33.5. The van der Waals surface area contributed by atoms with E-state index in [0.29, 0.717) is 0 Å². The highest BCUT2D eigenvalue weighted by Gasteiger charge is 2.53. The molecule has 10 aromatic carbocycles. The maximum absolute atomic E-state index is 2.60. The Hall–Kier alpha value is -7.51. The molecular weight excluding hydrogens is 865 g/mol. The number of hydrogen-bond donors (Lipinski definition) is 0. The number of nitrogens with zero attached hydrogens (tertiary/aromatic N) is 2. The maximum atomic E-state index is 2.60. The van der Waals surface area contributed by atoms with E-state index in [0.717, 1.165) is 34.1 Å². The van der Waals surface area contributed by atoms with Crippen molar-refractivity contribution in [2.24, 2.45) is 0 Å². The molecule has 0 aromatic heterocycles. The quantitative estimate of drug-likeness (QED) is 0.140. The fourth-order valence-electron chi connectivity index (χ4n) is 12.1. The van der Waals surface area contributed by atoms with E-state index in [1.807, 2.05) is 0 Å². The van der Waals surface area contributed by atoms with Gasteiger partial charge in [0.05, 0.1) is 21.6 Å². The minimum absolute atomic E-state index is 0.630. The molecule has 0 saturated carbocycles. The first-order valence-electron chi connectivity index (χ1n) is 24.5. The van der Waals surface area contributed by atoms with Gasteiger partial charge < -0.3 is 9.80 Å². The average molecular weight is 919 g/mol. The molecule has 0 bridgehead atoms. The smallest absolute Gasteiger partial charge is 0.0775 e. The zero-order chi connectivity index (χ0) is 46.8. The lowest BCUT2D eigenvalue weighted by Gasteiger charge is -2.33. The van der Waals surface area contributed by atoms with Crippen LogP contribution in [0, 0.1) is 0 Å². The Balaban J connectivity index is 1.11. The standard InChI is InChI=1S/C65H54N2Si2/c1-68(2,3)49-34-28-45(29-35-49)66(43-18-9-7-10-19-43)47-32-38-53-54-39-33-48(67(44-20-11-8-12-21-44)46-30-36-50(37-31-46)69(4,5)6)41-61(54)65(60(53)40-47)59-27-16-15-24-56(59)64-57-26-17-25-55-51-22-13-14-23-52(51)58(63(55)57)42-62(64)65/h7-42H,1-6H3. The van der Waals surface area contributed by atoms with Crippen molar-refractivity contribution >= 4 is 71.4 Å². The van der Waals surface area contributed by atoms with E-state index in [1.165, 1.54) is 87.9 Å². The molecule has 332 valence electrons. The molecule has 0 amide bonds. The molecule has 3 aliphatic carbocycles. The van der Waals surface area contributed by atoms with Crippen LogP contribution in [0.1, 0.15) is 22.3 Å². The highest BCUT2D eigenvalue weighted by atomic mass is 28.3. The second-order valence-electron chi connectivity index (χ2n) is 21.3. The van der Waals surface area contributed by atoms with E-state index < -0.39 is 21.6 Å². The summed E-state index contributed by atoms with van der Waals surface area (Å²) in [7, 11) is -3.04. The van der Waals surface area contributed by atoms with Crippen LogP contribution >= 0.6 is 0 Å². The summed E-state index contributed by atoms with van der Waals surface area (Å²) in [4.78, 5) is 4.92. The van der Waals surface area contributed by atoms with E-state index >= 15 is 0 Å². The minimum Gasteiger partial charge on any atom is -0.310 e. The van der Waals surface area contributed by atoms with Crippen LogP contribution < -0.4 is 20.2 Å². The van der Waals surface area contributed by atoms with Crippen LogP contribution in [-0.4, -0.2) is 16.1 Å². The highest BCUT2D eigenvalue weighted by Crippen LogP contribution is 2.66. The lowest BCUT2D eigenvalue weighted by atomic mass is 9.70. The summed E-state index contributed by atoms with van der Waals surface area (Å²) in [5.74, 6) is 0. The topological polar surface area (TPSA) is 6.48 Å². The molecule has 0 aliphatic heterocycles. The number of para-hydroxylation sites is 2. The van der Waals surface area contributed by atoms with Crippen LogP contribution in [0.4, 0.5) is 34.1 Å². The second-order valence-corrected chi connectivity index (χ2v) is 31.5. The SMILES string of the molecule is C[Si](C)(C)c1ccc(N(c2ccccc2)c2ccc3c(c2)C2(c4cc(N(c5ccccc5)c5ccc([Si](C)(C)C)cc5)ccc4-3)c3ccccc3-c3c2cc2c4c(cccc34)-c3ccccc3-2)cc1. The Morgan fingerprint density at radius 3 is 1.22 bits per heavy atom. The van der Waals surface area contributed by atoms with Gasteiger partial charge in [0.15, 0.2) is 0 Å². The number of rotatable bonds is 8. The van der Waals surface area contributed by atoms with Crippen LogP contribution in [0.5, 0.6) is 0 Å². The van der Waals surface area contributed by atoms with Crippen molar-refractivity contribution in [3.8, 4) is 44.5 Å². The van der Waals surface area contributed by atoms with Gasteiger partial charge >= 0.3 is 0 Å². The van der Waals surface area contributed by atoms with Gasteiger partial charge in [-0.15, -0.1) is 0 Å². The molecule has 2 nitrogen and oxygen atoms in total. The first-order valence-corrected chi connectivity index (χ1v) is 31.5. The average Bonchev–Trinajstić information content (AvgIpc) is 3.97. The lowest BCUT2D eigenvalue weighted by molar-refractivity contribution is 0.794. The Morgan fingerprint density at radius 1 is 0.290 bits per heavy atom. The molecule has 0 saturated heterocycles. The number of benzene rings is 10. The zero-order valence-electron chi connectivity index (χ0n) is 40.2. The number of anilines is 6. The van der Waals surface area contributed by atoms with Gasteiger partial charge in [0.1, 0.15) is 0 Å². The van der Waals surface area contributed by atoms with Gasteiger partial charge in [-0.3, -0.25) is 0 Å². The summed E-state index contributed by atoms with van der Waals surface area (Å²) < 4.78 is 0. The summed E-state index contributed by atoms with van der Waals surface area (Å²) in [5, 5.41) is 5.60. The monoisotopic (exact) mass is 918 g/mol. The Labute approximate surface area is 408 Å². The maximum Gasteiger partial charge on any atom is 0.0775 e. The zero-order valence-corrected chi connectivity index (χ0v) is 42.2. The minimum atomic E-state index is -1.52. The normalized spacial score (nSPS) is 13.5. The predicted molar refractivity (Wildman–Crippen MR) is 300 cm³/mol. The second kappa shape index (κ2) is 15.2. The molecule has 10 aromatic rings. The van der Waals surface area contributed by atoms with Gasteiger partial charge in [-0.1, -0.05) is 189 Å². The van der Waals surface area contributed by atoms with Crippen LogP contribution in [0.15, 0.2) is 218 Å². The van der Waals surface area contributed by atoms with E-state index in [-0.39, 0.29) is 0 Å². The van der Waals surface area contributed by atoms with Crippen molar-refractivity contribution in [3.63, 3.8) is 0 Å². The van der Waals surface area contributed by atoms with Gasteiger partial charge in [-0.25, -0.2) is 0 Å². The number of fused-ring (bicyclic) bond motifs is 14. The van der Waals surface area contributed by atoms with Crippen molar-refractivity contribution < 1.29 is 0 Å². The van der Waals surface area contributed by atoms with Gasteiger partial charge in [0.25, 0.3) is 0 Å². The van der Waals surface area contributed by atoms with Crippen molar-refractivity contribution in [2.45, 2.75) is 44.7 Å². The van der Waals surface area contributed by atoms with E-state index in [1.54, 1.807) is 0 Å². The summed E-state index contributed by atoms with van der Waals surface area (Å²) in [6.07, 6.45) is 0. The molecule has 13 rings (SSSR count). The van der Waals surface area contributed by atoms with Gasteiger partial charge in [0.2, 0.25) is 0 Å². The van der Waals surface area contributed by atoms with Crippen molar-refractivity contribution in [3.05, 3.63) is 241 Å². The third-order valence-corrected chi connectivity index (χ3v) is 19.4. The molecule has 3 aliphatic rings.